The minimum atomic E-state index is -0.444. The van der Waals surface area contributed by atoms with Gasteiger partial charge in [0.25, 0.3) is 0 Å². The lowest BCUT2D eigenvalue weighted by Crippen LogP contribution is -2.07. The number of ether oxygens (including phenoxy) is 5. The monoisotopic (exact) mass is 604 g/mol. The molecule has 9 nitrogen and oxygen atoms in total. The Morgan fingerprint density at radius 1 is 0.477 bits per heavy atom. The molecule has 0 saturated carbocycles. The molecule has 44 heavy (non-hydrogen) atoms. The van der Waals surface area contributed by atoms with Crippen molar-refractivity contribution in [3.63, 3.8) is 0 Å². The van der Waals surface area contributed by atoms with E-state index in [1.54, 1.807) is 37.4 Å². The molecule has 4 aromatic rings. The quantitative estimate of drug-likeness (QED) is 0.128. The number of hydrogen-bond donors (Lipinski definition) is 4. The highest BCUT2D eigenvalue weighted by Gasteiger charge is 2.25. The van der Waals surface area contributed by atoms with Crippen LogP contribution in [0.15, 0.2) is 60.7 Å². The second kappa shape index (κ2) is 14.5. The highest BCUT2D eigenvalue weighted by atomic mass is 16.5. The van der Waals surface area contributed by atoms with E-state index in [2.05, 4.69) is 0 Å². The molecule has 9 heteroatoms. The number of rotatable bonds is 14. The molecule has 4 rings (SSSR count). The number of phenols is 4. The highest BCUT2D eigenvalue weighted by molar-refractivity contribution is 5.57. The van der Waals surface area contributed by atoms with Crippen molar-refractivity contribution in [2.75, 3.05) is 35.5 Å². The number of aromatic hydroxyl groups is 4. The number of aryl methyl sites for hydroxylation is 3. The van der Waals surface area contributed by atoms with Crippen LogP contribution in [0, 0.1) is 0 Å². The van der Waals surface area contributed by atoms with Crippen LogP contribution < -0.4 is 23.7 Å². The minimum Gasteiger partial charge on any atom is -0.508 e. The molecular weight excluding hydrogens is 564 g/mol. The second-order valence-electron chi connectivity index (χ2n) is 10.4. The van der Waals surface area contributed by atoms with Crippen molar-refractivity contribution in [1.29, 1.82) is 0 Å². The summed E-state index contributed by atoms with van der Waals surface area (Å²) in [6.07, 6.45) is 3.22. The van der Waals surface area contributed by atoms with Crippen molar-refractivity contribution in [3.8, 4) is 51.7 Å². The van der Waals surface area contributed by atoms with E-state index in [-0.39, 0.29) is 23.0 Å². The molecular formula is C35H40O9. The number of benzene rings is 4. The van der Waals surface area contributed by atoms with Gasteiger partial charge in [-0.2, -0.15) is 0 Å². The molecule has 0 aliphatic carbocycles. The van der Waals surface area contributed by atoms with Crippen LogP contribution in [0.3, 0.4) is 0 Å². The normalized spacial score (nSPS) is 11.6. The first-order chi connectivity index (χ1) is 21.2. The lowest BCUT2D eigenvalue weighted by Gasteiger charge is -2.23. The molecule has 0 aliphatic rings. The third-order valence-corrected chi connectivity index (χ3v) is 7.83. The Balaban J connectivity index is 1.71. The van der Waals surface area contributed by atoms with E-state index >= 15 is 0 Å². The van der Waals surface area contributed by atoms with Crippen LogP contribution in [0.25, 0.3) is 0 Å². The largest absolute Gasteiger partial charge is 0.508 e. The summed E-state index contributed by atoms with van der Waals surface area (Å²) in [5.41, 5.74) is 4.04. The van der Waals surface area contributed by atoms with Gasteiger partial charge in [-0.1, -0.05) is 12.1 Å². The summed E-state index contributed by atoms with van der Waals surface area (Å²) in [6.45, 7) is 0. The Bertz CT molecular complexity index is 1580. The summed E-state index contributed by atoms with van der Waals surface area (Å²) >= 11 is 0. The Morgan fingerprint density at radius 2 is 0.955 bits per heavy atom. The first kappa shape index (κ1) is 32.0. The molecule has 0 aromatic heterocycles. The molecule has 0 heterocycles. The fourth-order valence-electron chi connectivity index (χ4n) is 5.49. The van der Waals surface area contributed by atoms with E-state index in [4.69, 9.17) is 23.7 Å². The first-order valence-corrected chi connectivity index (χ1v) is 14.3. The summed E-state index contributed by atoms with van der Waals surface area (Å²) in [6, 6.07) is 17.3. The van der Waals surface area contributed by atoms with Crippen molar-refractivity contribution in [1.82, 2.24) is 0 Å². The highest BCUT2D eigenvalue weighted by Crippen LogP contribution is 2.45. The van der Waals surface area contributed by atoms with Gasteiger partial charge in [0.05, 0.1) is 35.5 Å². The summed E-state index contributed by atoms with van der Waals surface area (Å²) in [7, 11) is 7.62. The fraction of sp³-hybridized carbons (Fsp3) is 0.314. The topological polar surface area (TPSA) is 127 Å². The summed E-state index contributed by atoms with van der Waals surface area (Å²) in [5.74, 6) is 1.95. The maximum atomic E-state index is 11.3. The van der Waals surface area contributed by atoms with Gasteiger partial charge < -0.3 is 44.1 Å². The number of phenolic OH excluding ortho intramolecular Hbond substituents is 4. The van der Waals surface area contributed by atoms with E-state index in [1.807, 2.05) is 24.3 Å². The van der Waals surface area contributed by atoms with Crippen molar-refractivity contribution in [3.05, 3.63) is 88.5 Å². The van der Waals surface area contributed by atoms with E-state index in [0.29, 0.717) is 59.1 Å². The SMILES string of the molecule is COc1cc(CCCc2cc(C(CCc3ccc(O)c(OC)c3)c3cc(OC)c(OC)cc3O)c(O)cc2OC)ccc1O. The predicted octanol–water partition coefficient (Wildman–Crippen LogP) is 6.49. The zero-order chi connectivity index (χ0) is 31.8. The molecule has 0 spiro atoms. The predicted molar refractivity (Wildman–Crippen MR) is 167 cm³/mol. The lowest BCUT2D eigenvalue weighted by molar-refractivity contribution is 0.349. The van der Waals surface area contributed by atoms with Crippen LogP contribution in [0.4, 0.5) is 0 Å². The van der Waals surface area contributed by atoms with Gasteiger partial charge in [0.15, 0.2) is 34.5 Å². The molecule has 0 saturated heterocycles. The van der Waals surface area contributed by atoms with Crippen LogP contribution in [-0.4, -0.2) is 56.0 Å². The van der Waals surface area contributed by atoms with Crippen LogP contribution in [0.5, 0.6) is 51.7 Å². The van der Waals surface area contributed by atoms with Crippen molar-refractivity contribution >= 4 is 0 Å². The summed E-state index contributed by atoms with van der Waals surface area (Å²) in [5, 5.41) is 42.4. The third-order valence-electron chi connectivity index (χ3n) is 7.83. The van der Waals surface area contributed by atoms with Gasteiger partial charge in [0.2, 0.25) is 0 Å². The molecule has 4 aromatic carbocycles. The summed E-state index contributed by atoms with van der Waals surface area (Å²) < 4.78 is 27.1. The Labute approximate surface area is 257 Å². The fourth-order valence-corrected chi connectivity index (χ4v) is 5.49. The van der Waals surface area contributed by atoms with Crippen molar-refractivity contribution < 1.29 is 44.1 Å². The van der Waals surface area contributed by atoms with Gasteiger partial charge in [-0.25, -0.2) is 0 Å². The molecule has 4 N–H and O–H groups in total. The maximum absolute atomic E-state index is 11.3. The van der Waals surface area contributed by atoms with E-state index in [9.17, 15) is 20.4 Å². The maximum Gasteiger partial charge on any atom is 0.164 e. The molecule has 0 bridgehead atoms. The summed E-state index contributed by atoms with van der Waals surface area (Å²) in [4.78, 5) is 0. The number of methoxy groups -OCH3 is 5. The van der Waals surface area contributed by atoms with Crippen LogP contribution in [0.1, 0.15) is 46.6 Å². The van der Waals surface area contributed by atoms with Gasteiger partial charge in [0, 0.05) is 29.2 Å². The molecule has 234 valence electrons. The average molecular weight is 605 g/mol. The van der Waals surface area contributed by atoms with E-state index < -0.39 is 5.92 Å². The Kier molecular flexibility index (Phi) is 10.6. The molecule has 0 aliphatic heterocycles. The smallest absolute Gasteiger partial charge is 0.164 e. The average Bonchev–Trinajstić information content (AvgIpc) is 3.03. The lowest BCUT2D eigenvalue weighted by atomic mass is 9.83. The van der Waals surface area contributed by atoms with Crippen LogP contribution in [0.2, 0.25) is 0 Å². The van der Waals surface area contributed by atoms with Gasteiger partial charge in [-0.15, -0.1) is 0 Å². The van der Waals surface area contributed by atoms with Crippen molar-refractivity contribution in [2.45, 2.75) is 38.0 Å². The van der Waals surface area contributed by atoms with Gasteiger partial charge >= 0.3 is 0 Å². The number of hydrogen-bond acceptors (Lipinski definition) is 9. The zero-order valence-corrected chi connectivity index (χ0v) is 25.7. The zero-order valence-electron chi connectivity index (χ0n) is 25.7. The standard InChI is InChI=1S/C35H40O9/c1-40-31-19-29(38)25(17-23(31)8-6-7-21-10-13-27(36)32(15-21)41-2)24(12-9-22-11-14-28(37)33(16-22)42-3)26-18-34(43-4)35(44-5)20-30(26)39/h10-11,13-20,24,36-39H,6-9,12H2,1-5H3. The van der Waals surface area contributed by atoms with Crippen molar-refractivity contribution in [2.24, 2.45) is 0 Å². The molecule has 0 radical (unpaired) electrons. The van der Waals surface area contributed by atoms with Crippen LogP contribution >= 0.6 is 0 Å². The minimum absolute atomic E-state index is 0.00832. The van der Waals surface area contributed by atoms with E-state index in [0.717, 1.165) is 29.5 Å². The van der Waals surface area contributed by atoms with Gasteiger partial charge in [0.1, 0.15) is 17.2 Å². The molecule has 0 amide bonds. The second-order valence-corrected chi connectivity index (χ2v) is 10.4. The third kappa shape index (κ3) is 7.16. The molecule has 1 atom stereocenters. The van der Waals surface area contributed by atoms with Gasteiger partial charge in [-0.3, -0.25) is 0 Å². The van der Waals surface area contributed by atoms with Gasteiger partial charge in [-0.05, 0) is 85.2 Å². The Hall–Kier alpha value is -4.92. The molecule has 1 unspecified atom stereocenters. The molecule has 0 fully saturated rings. The van der Waals surface area contributed by atoms with Crippen LogP contribution in [-0.2, 0) is 19.3 Å². The first-order valence-electron chi connectivity index (χ1n) is 14.3. The van der Waals surface area contributed by atoms with E-state index in [1.165, 1.54) is 34.5 Å². The Morgan fingerprint density at radius 3 is 1.50 bits per heavy atom.